The number of anilines is 1. The van der Waals surface area contributed by atoms with Crippen molar-refractivity contribution in [3.05, 3.63) is 18.6 Å². The van der Waals surface area contributed by atoms with Gasteiger partial charge in [0, 0.05) is 6.20 Å². The summed E-state index contributed by atoms with van der Waals surface area (Å²) < 4.78 is 19.9. The number of aromatic nitrogens is 3. The lowest BCUT2D eigenvalue weighted by Crippen LogP contribution is -2.27. The highest BCUT2D eigenvalue weighted by Gasteiger charge is 2.54. The SMILES string of the molecule is C[C@H]1O[C@@H](n2ccc3c(N)ncnc32)[C@@H]2OC(C)(C)O[C@@H]21. The fourth-order valence-corrected chi connectivity index (χ4v) is 3.20. The van der Waals surface area contributed by atoms with Crippen molar-refractivity contribution in [2.45, 2.75) is 51.1 Å². The van der Waals surface area contributed by atoms with Crippen molar-refractivity contribution in [2.75, 3.05) is 5.73 Å². The van der Waals surface area contributed by atoms with E-state index in [0.29, 0.717) is 5.82 Å². The highest BCUT2D eigenvalue weighted by Crippen LogP contribution is 2.43. The molecule has 0 aromatic carbocycles. The molecule has 0 radical (unpaired) electrons. The first kappa shape index (κ1) is 13.0. The summed E-state index contributed by atoms with van der Waals surface area (Å²) in [7, 11) is 0. The van der Waals surface area contributed by atoms with E-state index in [2.05, 4.69) is 9.97 Å². The van der Waals surface area contributed by atoms with Gasteiger partial charge in [-0.15, -0.1) is 0 Å². The molecule has 0 spiro atoms. The van der Waals surface area contributed by atoms with E-state index in [-0.39, 0.29) is 24.5 Å². The second kappa shape index (κ2) is 4.16. The van der Waals surface area contributed by atoms with Crippen molar-refractivity contribution in [3.8, 4) is 0 Å². The lowest BCUT2D eigenvalue weighted by Gasteiger charge is -2.24. The summed E-state index contributed by atoms with van der Waals surface area (Å²) in [4.78, 5) is 8.33. The molecule has 2 aliphatic heterocycles. The number of fused-ring (bicyclic) bond motifs is 2. The number of ether oxygens (including phenoxy) is 3. The molecule has 0 amide bonds. The van der Waals surface area contributed by atoms with E-state index >= 15 is 0 Å². The van der Waals surface area contributed by atoms with E-state index < -0.39 is 5.79 Å². The highest BCUT2D eigenvalue weighted by atomic mass is 16.8. The van der Waals surface area contributed by atoms with Gasteiger partial charge in [0.25, 0.3) is 0 Å². The molecule has 0 saturated carbocycles. The van der Waals surface area contributed by atoms with Crippen molar-refractivity contribution in [1.82, 2.24) is 14.5 Å². The Bertz CT molecular complexity index is 699. The molecule has 0 bridgehead atoms. The Balaban J connectivity index is 1.77. The van der Waals surface area contributed by atoms with Crippen LogP contribution in [0.4, 0.5) is 5.82 Å². The van der Waals surface area contributed by atoms with Gasteiger partial charge in [0.05, 0.1) is 11.5 Å². The van der Waals surface area contributed by atoms with Gasteiger partial charge >= 0.3 is 0 Å². The van der Waals surface area contributed by atoms with Gasteiger partial charge in [0.2, 0.25) is 0 Å². The smallest absolute Gasteiger partial charge is 0.164 e. The van der Waals surface area contributed by atoms with E-state index in [1.807, 2.05) is 37.6 Å². The van der Waals surface area contributed by atoms with Crippen LogP contribution in [0.5, 0.6) is 0 Å². The van der Waals surface area contributed by atoms with Crippen LogP contribution in [0.3, 0.4) is 0 Å². The average Bonchev–Trinajstić information content (AvgIpc) is 3.04. The Hall–Kier alpha value is -1.70. The summed E-state index contributed by atoms with van der Waals surface area (Å²) in [5.74, 6) is -0.131. The standard InChI is InChI=1S/C14H18N4O3/c1-7-9-10(21-14(2,3)20-9)13(19-7)18-5-4-8-11(15)16-6-17-12(8)18/h4-7,9-10,13H,1-3H3,(H2,15,16,17)/t7-,9-,10-,13-/m1/s1. The fraction of sp³-hybridized carbons (Fsp3) is 0.571. The fourth-order valence-electron chi connectivity index (χ4n) is 3.20. The maximum Gasteiger partial charge on any atom is 0.164 e. The highest BCUT2D eigenvalue weighted by molar-refractivity contribution is 5.86. The third kappa shape index (κ3) is 1.85. The number of hydrogen-bond donors (Lipinski definition) is 1. The van der Waals surface area contributed by atoms with Crippen molar-refractivity contribution in [2.24, 2.45) is 0 Å². The third-order valence-electron chi connectivity index (χ3n) is 4.08. The van der Waals surface area contributed by atoms with Crippen LogP contribution in [-0.2, 0) is 14.2 Å². The van der Waals surface area contributed by atoms with Gasteiger partial charge in [-0.1, -0.05) is 0 Å². The minimum atomic E-state index is -0.595. The van der Waals surface area contributed by atoms with Gasteiger partial charge in [-0.05, 0) is 26.8 Å². The van der Waals surface area contributed by atoms with E-state index in [1.54, 1.807) is 0 Å². The second-order valence-corrected chi connectivity index (χ2v) is 6.02. The molecule has 0 unspecified atom stereocenters. The number of nitrogen functional groups attached to an aromatic ring is 1. The van der Waals surface area contributed by atoms with E-state index in [0.717, 1.165) is 11.0 Å². The molecule has 2 aliphatic rings. The van der Waals surface area contributed by atoms with Crippen LogP contribution < -0.4 is 5.73 Å². The zero-order chi connectivity index (χ0) is 14.8. The Morgan fingerprint density at radius 2 is 2.00 bits per heavy atom. The average molecular weight is 290 g/mol. The van der Waals surface area contributed by atoms with Crippen molar-refractivity contribution >= 4 is 16.9 Å². The number of hydrogen-bond acceptors (Lipinski definition) is 6. The zero-order valence-electron chi connectivity index (χ0n) is 12.2. The van der Waals surface area contributed by atoms with Gasteiger partial charge in [0.1, 0.15) is 30.0 Å². The number of nitrogens with zero attached hydrogens (tertiary/aromatic N) is 3. The topological polar surface area (TPSA) is 84.4 Å². The zero-order valence-corrected chi connectivity index (χ0v) is 12.2. The quantitative estimate of drug-likeness (QED) is 0.855. The van der Waals surface area contributed by atoms with Gasteiger partial charge < -0.3 is 24.5 Å². The van der Waals surface area contributed by atoms with Crippen LogP contribution in [0.15, 0.2) is 18.6 Å². The first-order chi connectivity index (χ1) is 9.96. The van der Waals surface area contributed by atoms with Gasteiger partial charge in [-0.3, -0.25) is 0 Å². The second-order valence-electron chi connectivity index (χ2n) is 6.02. The minimum Gasteiger partial charge on any atom is -0.383 e. The molecule has 112 valence electrons. The Morgan fingerprint density at radius 1 is 1.24 bits per heavy atom. The molecular formula is C14H18N4O3. The molecule has 2 aromatic rings. The molecule has 7 nitrogen and oxygen atoms in total. The summed E-state index contributed by atoms with van der Waals surface area (Å²) in [6, 6.07) is 1.90. The van der Waals surface area contributed by atoms with Crippen molar-refractivity contribution < 1.29 is 14.2 Å². The summed E-state index contributed by atoms with van der Waals surface area (Å²) in [5, 5.41) is 0.815. The Morgan fingerprint density at radius 3 is 2.81 bits per heavy atom. The summed E-state index contributed by atoms with van der Waals surface area (Å²) >= 11 is 0. The minimum absolute atomic E-state index is 0.0431. The van der Waals surface area contributed by atoms with Gasteiger partial charge in [-0.2, -0.15) is 0 Å². The van der Waals surface area contributed by atoms with Crippen LogP contribution >= 0.6 is 0 Å². The maximum atomic E-state index is 6.03. The molecule has 2 N–H and O–H groups in total. The van der Waals surface area contributed by atoms with Crippen LogP contribution in [0.1, 0.15) is 27.0 Å². The molecule has 2 aromatic heterocycles. The van der Waals surface area contributed by atoms with Crippen LogP contribution in [-0.4, -0.2) is 38.6 Å². The molecule has 4 atom stereocenters. The first-order valence-corrected chi connectivity index (χ1v) is 7.04. The predicted molar refractivity (Wildman–Crippen MR) is 75.3 cm³/mol. The molecule has 2 fully saturated rings. The van der Waals surface area contributed by atoms with Crippen LogP contribution in [0.25, 0.3) is 11.0 Å². The van der Waals surface area contributed by atoms with Crippen molar-refractivity contribution in [3.63, 3.8) is 0 Å². The lowest BCUT2D eigenvalue weighted by atomic mass is 10.1. The predicted octanol–water partition coefficient (Wildman–Crippen LogP) is 1.45. The normalized spacial score (nSPS) is 34.4. The summed E-state index contributed by atoms with van der Waals surface area (Å²) in [5.41, 5.74) is 6.63. The maximum absolute atomic E-state index is 6.03. The Kier molecular flexibility index (Phi) is 2.57. The monoisotopic (exact) mass is 290 g/mol. The lowest BCUT2D eigenvalue weighted by molar-refractivity contribution is -0.194. The largest absolute Gasteiger partial charge is 0.383 e. The molecule has 2 saturated heterocycles. The summed E-state index contributed by atoms with van der Waals surface area (Å²) in [6.45, 7) is 5.84. The van der Waals surface area contributed by atoms with Crippen LogP contribution in [0, 0.1) is 0 Å². The van der Waals surface area contributed by atoms with Crippen molar-refractivity contribution in [1.29, 1.82) is 0 Å². The van der Waals surface area contributed by atoms with Gasteiger partial charge in [-0.25, -0.2) is 9.97 Å². The molecular weight excluding hydrogens is 272 g/mol. The summed E-state index contributed by atoms with van der Waals surface area (Å²) in [6.07, 6.45) is 2.80. The molecule has 4 heterocycles. The number of nitrogens with two attached hydrogens (primary N) is 1. The van der Waals surface area contributed by atoms with E-state index in [9.17, 15) is 0 Å². The molecule has 0 aliphatic carbocycles. The van der Waals surface area contributed by atoms with E-state index in [1.165, 1.54) is 6.33 Å². The molecule has 7 heteroatoms. The number of rotatable bonds is 1. The van der Waals surface area contributed by atoms with E-state index in [4.69, 9.17) is 19.9 Å². The molecule has 21 heavy (non-hydrogen) atoms. The molecule has 4 rings (SSSR count). The van der Waals surface area contributed by atoms with Crippen LogP contribution in [0.2, 0.25) is 0 Å². The Labute approximate surface area is 122 Å². The third-order valence-corrected chi connectivity index (χ3v) is 4.08. The van der Waals surface area contributed by atoms with Gasteiger partial charge in [0.15, 0.2) is 12.0 Å². The first-order valence-electron chi connectivity index (χ1n) is 7.04.